The SMILES string of the molecule is c1ccc2[nH]c(-c3cncc(N4CCC5(CC4)OCCO5)n3)nc2c1. The van der Waals surface area contributed by atoms with Crippen LogP contribution in [0.1, 0.15) is 12.8 Å². The molecule has 0 unspecified atom stereocenters. The molecule has 2 aromatic heterocycles. The lowest BCUT2D eigenvalue weighted by Gasteiger charge is -2.38. The summed E-state index contributed by atoms with van der Waals surface area (Å²) >= 11 is 0. The maximum Gasteiger partial charge on any atom is 0.171 e. The summed E-state index contributed by atoms with van der Waals surface area (Å²) < 4.78 is 11.6. The van der Waals surface area contributed by atoms with Crippen LogP contribution in [0.15, 0.2) is 36.7 Å². The van der Waals surface area contributed by atoms with Crippen LogP contribution in [-0.2, 0) is 9.47 Å². The first-order valence-corrected chi connectivity index (χ1v) is 8.61. The van der Waals surface area contributed by atoms with Crippen LogP contribution in [0, 0.1) is 0 Å². The Balaban J connectivity index is 1.39. The van der Waals surface area contributed by atoms with E-state index < -0.39 is 0 Å². The number of rotatable bonds is 2. The molecule has 0 bridgehead atoms. The lowest BCUT2D eigenvalue weighted by atomic mass is 10.0. The van der Waals surface area contributed by atoms with Gasteiger partial charge in [0, 0.05) is 25.9 Å². The summed E-state index contributed by atoms with van der Waals surface area (Å²) in [5.74, 6) is 1.23. The summed E-state index contributed by atoms with van der Waals surface area (Å²) in [4.78, 5) is 19.3. The van der Waals surface area contributed by atoms with E-state index in [1.54, 1.807) is 12.4 Å². The number of nitrogens with zero attached hydrogens (tertiary/aromatic N) is 4. The number of benzene rings is 1. The van der Waals surface area contributed by atoms with Crippen LogP contribution in [0.25, 0.3) is 22.6 Å². The molecule has 0 saturated carbocycles. The molecule has 1 aromatic carbocycles. The summed E-state index contributed by atoms with van der Waals surface area (Å²) in [5, 5.41) is 0. The van der Waals surface area contributed by atoms with Gasteiger partial charge in [-0.25, -0.2) is 9.97 Å². The Labute approximate surface area is 145 Å². The van der Waals surface area contributed by atoms with E-state index in [4.69, 9.17) is 14.5 Å². The number of piperidine rings is 1. The van der Waals surface area contributed by atoms with Crippen LogP contribution < -0.4 is 4.90 Å². The van der Waals surface area contributed by atoms with Crippen molar-refractivity contribution in [2.45, 2.75) is 18.6 Å². The molecule has 3 aromatic rings. The Morgan fingerprint density at radius 1 is 1.00 bits per heavy atom. The van der Waals surface area contributed by atoms with E-state index in [0.717, 1.165) is 54.3 Å². The van der Waals surface area contributed by atoms with E-state index in [-0.39, 0.29) is 5.79 Å². The molecule has 4 heterocycles. The molecular formula is C18H19N5O2. The van der Waals surface area contributed by atoms with Gasteiger partial charge in [-0.05, 0) is 12.1 Å². The lowest BCUT2D eigenvalue weighted by molar-refractivity contribution is -0.169. The fourth-order valence-electron chi connectivity index (χ4n) is 3.56. The zero-order chi connectivity index (χ0) is 16.7. The van der Waals surface area contributed by atoms with Crippen molar-refractivity contribution in [3.63, 3.8) is 0 Å². The Morgan fingerprint density at radius 2 is 1.80 bits per heavy atom. The van der Waals surface area contributed by atoms with E-state index in [0.29, 0.717) is 13.2 Å². The molecule has 7 heteroatoms. The molecule has 25 heavy (non-hydrogen) atoms. The van der Waals surface area contributed by atoms with Gasteiger partial charge in [-0.3, -0.25) is 4.98 Å². The second kappa shape index (κ2) is 5.79. The smallest absolute Gasteiger partial charge is 0.171 e. The summed E-state index contributed by atoms with van der Waals surface area (Å²) in [6, 6.07) is 7.96. The zero-order valence-corrected chi connectivity index (χ0v) is 13.8. The molecule has 5 rings (SSSR count). The Kier molecular flexibility index (Phi) is 3.43. The van der Waals surface area contributed by atoms with Gasteiger partial charge < -0.3 is 19.4 Å². The van der Waals surface area contributed by atoms with Crippen molar-refractivity contribution < 1.29 is 9.47 Å². The van der Waals surface area contributed by atoms with Gasteiger partial charge in [-0.15, -0.1) is 0 Å². The van der Waals surface area contributed by atoms with Crippen molar-refractivity contribution in [2.24, 2.45) is 0 Å². The average Bonchev–Trinajstić information content (AvgIpc) is 3.30. The van der Waals surface area contributed by atoms with Crippen LogP contribution in [0.4, 0.5) is 5.82 Å². The highest BCUT2D eigenvalue weighted by Crippen LogP contribution is 2.32. The molecule has 0 atom stereocenters. The molecule has 1 spiro atoms. The van der Waals surface area contributed by atoms with E-state index in [1.165, 1.54) is 0 Å². The van der Waals surface area contributed by atoms with Gasteiger partial charge in [-0.1, -0.05) is 12.1 Å². The number of imidazole rings is 1. The standard InChI is InChI=1S/C18H19N5O2/c1-2-4-14-13(3-1)21-17(22-14)15-11-19-12-16(20-15)23-7-5-18(6-8-23)24-9-10-25-18/h1-4,11-12H,5-10H2,(H,21,22). The van der Waals surface area contributed by atoms with Gasteiger partial charge in [0.15, 0.2) is 11.6 Å². The molecule has 7 nitrogen and oxygen atoms in total. The molecule has 0 radical (unpaired) electrons. The second-order valence-electron chi connectivity index (χ2n) is 6.46. The van der Waals surface area contributed by atoms with Crippen molar-refractivity contribution in [3.8, 4) is 11.5 Å². The number of ether oxygens (including phenoxy) is 2. The molecule has 128 valence electrons. The van der Waals surface area contributed by atoms with Crippen molar-refractivity contribution in [1.29, 1.82) is 0 Å². The minimum absolute atomic E-state index is 0.375. The number of hydrogen-bond acceptors (Lipinski definition) is 6. The number of anilines is 1. The number of nitrogens with one attached hydrogen (secondary N) is 1. The fraction of sp³-hybridized carbons (Fsp3) is 0.389. The number of aromatic nitrogens is 4. The largest absolute Gasteiger partial charge is 0.355 e. The third-order valence-electron chi connectivity index (χ3n) is 4.92. The predicted octanol–water partition coefficient (Wildman–Crippen LogP) is 2.36. The van der Waals surface area contributed by atoms with E-state index >= 15 is 0 Å². The first-order chi connectivity index (χ1) is 12.3. The van der Waals surface area contributed by atoms with E-state index in [9.17, 15) is 0 Å². The second-order valence-corrected chi connectivity index (χ2v) is 6.46. The first-order valence-electron chi connectivity index (χ1n) is 8.61. The van der Waals surface area contributed by atoms with Crippen LogP contribution in [0.2, 0.25) is 0 Å². The highest BCUT2D eigenvalue weighted by atomic mass is 16.7. The lowest BCUT2D eigenvalue weighted by Crippen LogP contribution is -2.45. The number of H-pyrrole nitrogens is 1. The zero-order valence-electron chi connectivity index (χ0n) is 13.8. The third kappa shape index (κ3) is 2.65. The maximum absolute atomic E-state index is 5.79. The number of hydrogen-bond donors (Lipinski definition) is 1. The van der Waals surface area contributed by atoms with Crippen molar-refractivity contribution in [2.75, 3.05) is 31.2 Å². The first kappa shape index (κ1) is 14.8. The predicted molar refractivity (Wildman–Crippen MR) is 93.2 cm³/mol. The van der Waals surface area contributed by atoms with Crippen LogP contribution in [0.3, 0.4) is 0 Å². The summed E-state index contributed by atoms with van der Waals surface area (Å²) in [6.07, 6.45) is 5.25. The highest BCUT2D eigenvalue weighted by molar-refractivity contribution is 5.78. The third-order valence-corrected chi connectivity index (χ3v) is 4.92. The minimum Gasteiger partial charge on any atom is -0.355 e. The van der Waals surface area contributed by atoms with Crippen LogP contribution in [0.5, 0.6) is 0 Å². The molecule has 0 aliphatic carbocycles. The summed E-state index contributed by atoms with van der Waals surface area (Å²) in [6.45, 7) is 3.08. The molecule has 2 aliphatic heterocycles. The molecular weight excluding hydrogens is 318 g/mol. The quantitative estimate of drug-likeness (QED) is 0.774. The molecule has 1 N–H and O–H groups in total. The average molecular weight is 337 g/mol. The van der Waals surface area contributed by atoms with Crippen molar-refractivity contribution >= 4 is 16.9 Å². The molecule has 2 aliphatic rings. The topological polar surface area (TPSA) is 76.2 Å². The number of para-hydroxylation sites is 2. The van der Waals surface area contributed by atoms with Crippen LogP contribution in [-0.4, -0.2) is 52.0 Å². The number of fused-ring (bicyclic) bond motifs is 1. The van der Waals surface area contributed by atoms with Crippen molar-refractivity contribution in [3.05, 3.63) is 36.7 Å². The Bertz CT molecular complexity index is 860. The van der Waals surface area contributed by atoms with Crippen LogP contribution >= 0.6 is 0 Å². The maximum atomic E-state index is 5.79. The summed E-state index contributed by atoms with van der Waals surface area (Å²) in [5.41, 5.74) is 2.68. The minimum atomic E-state index is -0.375. The normalized spacial score (nSPS) is 19.8. The van der Waals surface area contributed by atoms with Gasteiger partial charge in [0.25, 0.3) is 0 Å². The van der Waals surface area contributed by atoms with E-state index in [2.05, 4.69) is 19.9 Å². The fourth-order valence-corrected chi connectivity index (χ4v) is 3.56. The highest BCUT2D eigenvalue weighted by Gasteiger charge is 2.40. The monoisotopic (exact) mass is 337 g/mol. The van der Waals surface area contributed by atoms with Gasteiger partial charge in [0.05, 0.1) is 36.6 Å². The van der Waals surface area contributed by atoms with Gasteiger partial charge in [0.2, 0.25) is 0 Å². The Morgan fingerprint density at radius 3 is 2.60 bits per heavy atom. The Hall–Kier alpha value is -2.51. The van der Waals surface area contributed by atoms with Gasteiger partial charge in [-0.2, -0.15) is 0 Å². The van der Waals surface area contributed by atoms with Gasteiger partial charge >= 0.3 is 0 Å². The summed E-state index contributed by atoms with van der Waals surface area (Å²) in [7, 11) is 0. The molecule has 2 fully saturated rings. The molecule has 2 saturated heterocycles. The molecule has 0 amide bonds. The van der Waals surface area contributed by atoms with E-state index in [1.807, 2.05) is 24.3 Å². The van der Waals surface area contributed by atoms with Crippen molar-refractivity contribution in [1.82, 2.24) is 19.9 Å². The number of aromatic amines is 1. The van der Waals surface area contributed by atoms with Gasteiger partial charge in [0.1, 0.15) is 11.5 Å².